The molecule has 0 spiro atoms. The summed E-state index contributed by atoms with van der Waals surface area (Å²) >= 11 is 0. The third-order valence-corrected chi connectivity index (χ3v) is 5.11. The molecule has 2 bridgehead atoms. The Morgan fingerprint density at radius 1 is 1.46 bits per heavy atom. The molecule has 2 saturated carbocycles. The van der Waals surface area contributed by atoms with Gasteiger partial charge in [-0.3, -0.25) is 0 Å². The Labute approximate surface area is 80.6 Å². The summed E-state index contributed by atoms with van der Waals surface area (Å²) in [5, 5.41) is 0. The van der Waals surface area contributed by atoms with Gasteiger partial charge in [-0.2, -0.15) is 4.89 Å². The van der Waals surface area contributed by atoms with Crippen LogP contribution in [0.1, 0.15) is 33.1 Å². The predicted molar refractivity (Wildman–Crippen MR) is 52.8 cm³/mol. The van der Waals surface area contributed by atoms with Crippen LogP contribution in [0.5, 0.6) is 0 Å². The fourth-order valence-corrected chi connectivity index (χ4v) is 4.63. The van der Waals surface area contributed by atoms with Gasteiger partial charge in [0.25, 0.3) is 0 Å². The molecule has 2 aliphatic rings. The average Bonchev–Trinajstić information content (AvgIpc) is 2.53. The van der Waals surface area contributed by atoms with Gasteiger partial charge in [-0.25, -0.2) is 0 Å². The molecule has 2 aliphatic carbocycles. The molecule has 3 heteroatoms. The summed E-state index contributed by atoms with van der Waals surface area (Å²) in [4.78, 5) is 8.98. The van der Waals surface area contributed by atoms with Crippen molar-refractivity contribution in [3.8, 4) is 0 Å². The fourth-order valence-electron chi connectivity index (χ4n) is 3.52. The Balaban J connectivity index is 2.14. The third-order valence-electron chi connectivity index (χ3n) is 4.40. The monoisotopic (exact) mass is 201 g/mol. The minimum Gasteiger partial charge on any atom is -0.161 e. The van der Waals surface area contributed by atoms with Crippen LogP contribution in [0, 0.1) is 23.2 Å². The van der Waals surface area contributed by atoms with Crippen molar-refractivity contribution in [2.24, 2.45) is 23.2 Å². The number of hydrogen-bond donors (Lipinski definition) is 1. The lowest BCUT2D eigenvalue weighted by Gasteiger charge is -2.35. The normalized spacial score (nSPS) is 42.4. The Hall–Kier alpha value is 0.0600. The topological polar surface area (TPSA) is 37.3 Å². The van der Waals surface area contributed by atoms with E-state index in [-0.39, 0.29) is 0 Å². The van der Waals surface area contributed by atoms with Crippen LogP contribution in [-0.4, -0.2) is 11.1 Å². The molecule has 1 N–H and O–H groups in total. The maximum atomic E-state index is 10.9. The van der Waals surface area contributed by atoms with E-state index >= 15 is 0 Å². The van der Waals surface area contributed by atoms with Crippen molar-refractivity contribution < 1.29 is 9.46 Å². The van der Waals surface area contributed by atoms with E-state index < -0.39 is 8.03 Å². The highest BCUT2D eigenvalue weighted by Crippen LogP contribution is 2.60. The zero-order valence-corrected chi connectivity index (χ0v) is 9.26. The summed E-state index contributed by atoms with van der Waals surface area (Å²) in [6.07, 6.45) is 4.47. The van der Waals surface area contributed by atoms with Crippen LogP contribution in [0.25, 0.3) is 0 Å². The quantitative estimate of drug-likeness (QED) is 0.697. The molecule has 0 aromatic heterocycles. The van der Waals surface area contributed by atoms with E-state index in [1.165, 1.54) is 19.3 Å². The molecular formula is C10H18O2P+. The Morgan fingerprint density at radius 2 is 2.15 bits per heavy atom. The summed E-state index contributed by atoms with van der Waals surface area (Å²) < 4.78 is 10.9. The first-order valence-corrected chi connectivity index (χ1v) is 6.55. The summed E-state index contributed by atoms with van der Waals surface area (Å²) in [5.41, 5.74) is 0.316. The van der Waals surface area contributed by atoms with E-state index in [0.717, 1.165) is 11.8 Å². The van der Waals surface area contributed by atoms with Crippen LogP contribution in [0.15, 0.2) is 0 Å². The molecule has 0 aromatic carbocycles. The highest BCUT2D eigenvalue weighted by molar-refractivity contribution is 7.38. The molecule has 0 aromatic rings. The minimum atomic E-state index is -1.93. The second-order valence-electron chi connectivity index (χ2n) is 5.23. The molecule has 0 radical (unpaired) electrons. The van der Waals surface area contributed by atoms with Crippen molar-refractivity contribution >= 4 is 8.03 Å². The molecule has 0 aliphatic heterocycles. The van der Waals surface area contributed by atoms with E-state index in [9.17, 15) is 4.57 Å². The Morgan fingerprint density at radius 3 is 2.62 bits per heavy atom. The van der Waals surface area contributed by atoms with Crippen LogP contribution >= 0.6 is 8.03 Å². The first-order valence-electron chi connectivity index (χ1n) is 5.15. The third kappa shape index (κ3) is 1.45. The molecule has 4 unspecified atom stereocenters. The molecule has 0 heterocycles. The smallest absolute Gasteiger partial charge is 0.161 e. The number of rotatable bonds is 2. The van der Waals surface area contributed by atoms with Gasteiger partial charge in [0.1, 0.15) is 0 Å². The number of fused-ring (bicyclic) bond motifs is 2. The molecule has 0 saturated heterocycles. The SMILES string of the molecule is CC1(C)C2CCC(C2)C1C[P+](=O)O. The van der Waals surface area contributed by atoms with Gasteiger partial charge in [-0.1, -0.05) is 13.8 Å². The zero-order valence-electron chi connectivity index (χ0n) is 8.36. The van der Waals surface area contributed by atoms with Crippen LogP contribution in [0.4, 0.5) is 0 Å². The van der Waals surface area contributed by atoms with Gasteiger partial charge in [-0.05, 0) is 41.1 Å². The summed E-state index contributed by atoms with van der Waals surface area (Å²) in [5.74, 6) is 2.06. The predicted octanol–water partition coefficient (Wildman–Crippen LogP) is 2.79. The highest BCUT2D eigenvalue weighted by atomic mass is 31.1. The van der Waals surface area contributed by atoms with Crippen LogP contribution in [0.3, 0.4) is 0 Å². The summed E-state index contributed by atoms with van der Waals surface area (Å²) in [7, 11) is -1.93. The van der Waals surface area contributed by atoms with Crippen molar-refractivity contribution in [2.75, 3.05) is 6.16 Å². The van der Waals surface area contributed by atoms with Crippen LogP contribution < -0.4 is 0 Å². The molecule has 4 atom stereocenters. The van der Waals surface area contributed by atoms with Crippen LogP contribution in [0.2, 0.25) is 0 Å². The van der Waals surface area contributed by atoms with Gasteiger partial charge in [0.05, 0.1) is 0 Å². The minimum absolute atomic E-state index is 0.316. The van der Waals surface area contributed by atoms with Gasteiger partial charge in [0.15, 0.2) is 6.16 Å². The summed E-state index contributed by atoms with van der Waals surface area (Å²) in [6, 6.07) is 0. The maximum Gasteiger partial charge on any atom is 0.505 e. The van der Waals surface area contributed by atoms with E-state index in [1.54, 1.807) is 0 Å². The first-order chi connectivity index (χ1) is 6.01. The number of hydrogen-bond acceptors (Lipinski definition) is 1. The second-order valence-corrected chi connectivity index (χ2v) is 6.30. The van der Waals surface area contributed by atoms with Crippen molar-refractivity contribution in [2.45, 2.75) is 33.1 Å². The lowest BCUT2D eigenvalue weighted by molar-refractivity contribution is 0.138. The largest absolute Gasteiger partial charge is 0.505 e. The second kappa shape index (κ2) is 3.03. The highest BCUT2D eigenvalue weighted by Gasteiger charge is 2.54. The van der Waals surface area contributed by atoms with Gasteiger partial charge in [0.2, 0.25) is 0 Å². The average molecular weight is 201 g/mol. The molecule has 74 valence electrons. The standard InChI is InChI=1S/C10H17O2P/c1-10(2)8-4-3-7(5-8)9(10)6-13(11)12/h7-9H,3-6H2,1-2H3/p+1. The van der Waals surface area contributed by atoms with Crippen molar-refractivity contribution in [1.29, 1.82) is 0 Å². The van der Waals surface area contributed by atoms with E-state index in [0.29, 0.717) is 17.5 Å². The van der Waals surface area contributed by atoms with Gasteiger partial charge in [-0.15, -0.1) is 0 Å². The molecule has 0 amide bonds. The lowest BCUT2D eigenvalue weighted by atomic mass is 9.69. The maximum absolute atomic E-state index is 10.9. The zero-order chi connectivity index (χ0) is 9.64. The van der Waals surface area contributed by atoms with E-state index in [4.69, 9.17) is 4.89 Å². The Kier molecular flexibility index (Phi) is 2.24. The van der Waals surface area contributed by atoms with Crippen molar-refractivity contribution in [3.05, 3.63) is 0 Å². The van der Waals surface area contributed by atoms with E-state index in [2.05, 4.69) is 13.8 Å². The molecule has 2 nitrogen and oxygen atoms in total. The molecular weight excluding hydrogens is 183 g/mol. The molecule has 2 fully saturated rings. The molecule has 2 rings (SSSR count). The van der Waals surface area contributed by atoms with E-state index in [1.807, 2.05) is 0 Å². The first kappa shape index (κ1) is 9.61. The van der Waals surface area contributed by atoms with Crippen molar-refractivity contribution in [1.82, 2.24) is 0 Å². The fraction of sp³-hybridized carbons (Fsp3) is 1.00. The van der Waals surface area contributed by atoms with Crippen molar-refractivity contribution in [3.63, 3.8) is 0 Å². The van der Waals surface area contributed by atoms with Gasteiger partial charge in [0, 0.05) is 5.92 Å². The Bertz CT molecular complexity index is 237. The van der Waals surface area contributed by atoms with Gasteiger partial charge >= 0.3 is 8.03 Å². The van der Waals surface area contributed by atoms with Gasteiger partial charge < -0.3 is 0 Å². The van der Waals surface area contributed by atoms with Crippen LogP contribution in [-0.2, 0) is 4.57 Å². The lowest BCUT2D eigenvalue weighted by Crippen LogP contribution is -2.32. The summed E-state index contributed by atoms with van der Waals surface area (Å²) in [6.45, 7) is 4.56. The molecule has 13 heavy (non-hydrogen) atoms.